The van der Waals surface area contributed by atoms with E-state index >= 15 is 0 Å². The fourth-order valence-corrected chi connectivity index (χ4v) is 1.99. The molecular weight excluding hydrogens is 285 g/mol. The van der Waals surface area contributed by atoms with Crippen molar-refractivity contribution in [3.05, 3.63) is 34.3 Å². The molecule has 0 saturated heterocycles. The third-order valence-corrected chi connectivity index (χ3v) is 3.13. The summed E-state index contributed by atoms with van der Waals surface area (Å²) in [4.78, 5) is 0. The van der Waals surface area contributed by atoms with Crippen LogP contribution in [0.25, 0.3) is 0 Å². The largest absolute Gasteiger partial charge is 0.493 e. The molecule has 0 heterocycles. The predicted octanol–water partition coefficient (Wildman–Crippen LogP) is 3.76. The molecule has 2 N–H and O–H groups in total. The Kier molecular flexibility index (Phi) is 7.06. The highest BCUT2D eigenvalue weighted by molar-refractivity contribution is 6.30. The number of halogens is 2. The predicted molar refractivity (Wildman–Crippen MR) is 80.5 cm³/mol. The molecule has 3 nitrogen and oxygen atoms in total. The monoisotopic (exact) mass is 303 g/mol. The smallest absolute Gasteiger partial charge is 0.164 e. The van der Waals surface area contributed by atoms with Crippen LogP contribution >= 0.6 is 23.2 Å². The van der Waals surface area contributed by atoms with Crippen LogP contribution in [-0.2, 0) is 6.42 Å². The second-order valence-corrected chi connectivity index (χ2v) is 4.83. The van der Waals surface area contributed by atoms with Crippen molar-refractivity contribution in [1.29, 1.82) is 0 Å². The molecule has 1 aromatic rings. The number of ether oxygens (including phenoxy) is 2. The molecule has 0 aliphatic rings. The third kappa shape index (κ3) is 4.94. The van der Waals surface area contributed by atoms with Gasteiger partial charge in [-0.2, -0.15) is 0 Å². The van der Waals surface area contributed by atoms with Crippen LogP contribution in [-0.4, -0.2) is 19.8 Å². The Morgan fingerprint density at radius 3 is 2.74 bits per heavy atom. The van der Waals surface area contributed by atoms with E-state index in [0.717, 1.165) is 12.0 Å². The minimum atomic E-state index is 0.0640. The maximum Gasteiger partial charge on any atom is 0.164 e. The van der Waals surface area contributed by atoms with Gasteiger partial charge in [0.1, 0.15) is 6.61 Å². The van der Waals surface area contributed by atoms with E-state index in [-0.39, 0.29) is 6.04 Å². The molecule has 0 bridgehead atoms. The summed E-state index contributed by atoms with van der Waals surface area (Å²) < 4.78 is 11.0. The SMILES string of the molecule is CCC(N)Cc1cc(Cl)cc(OC)c1OC/C=C/Cl. The molecule has 5 heteroatoms. The summed E-state index contributed by atoms with van der Waals surface area (Å²) in [5, 5.41) is 0.607. The highest BCUT2D eigenvalue weighted by atomic mass is 35.5. The van der Waals surface area contributed by atoms with Crippen molar-refractivity contribution in [2.24, 2.45) is 5.73 Å². The van der Waals surface area contributed by atoms with Gasteiger partial charge in [-0.3, -0.25) is 0 Å². The maximum absolute atomic E-state index is 6.08. The van der Waals surface area contributed by atoms with Gasteiger partial charge in [-0.1, -0.05) is 30.1 Å². The lowest BCUT2D eigenvalue weighted by Gasteiger charge is -2.17. The zero-order chi connectivity index (χ0) is 14.3. The van der Waals surface area contributed by atoms with Gasteiger partial charge in [0, 0.05) is 28.2 Å². The van der Waals surface area contributed by atoms with Crippen molar-refractivity contribution in [3.8, 4) is 11.5 Å². The van der Waals surface area contributed by atoms with Crippen LogP contribution in [0.15, 0.2) is 23.7 Å². The van der Waals surface area contributed by atoms with Crippen LogP contribution in [0.1, 0.15) is 18.9 Å². The lowest BCUT2D eigenvalue weighted by atomic mass is 10.0. The van der Waals surface area contributed by atoms with E-state index in [1.165, 1.54) is 5.54 Å². The van der Waals surface area contributed by atoms with E-state index in [1.54, 1.807) is 19.3 Å². The molecule has 1 rings (SSSR count). The maximum atomic E-state index is 6.08. The average molecular weight is 304 g/mol. The summed E-state index contributed by atoms with van der Waals surface area (Å²) in [5.74, 6) is 1.28. The fraction of sp³-hybridized carbons (Fsp3) is 0.429. The summed E-state index contributed by atoms with van der Waals surface area (Å²) >= 11 is 11.6. The Morgan fingerprint density at radius 1 is 1.42 bits per heavy atom. The van der Waals surface area contributed by atoms with E-state index in [0.29, 0.717) is 29.5 Å². The van der Waals surface area contributed by atoms with Crippen LogP contribution in [0.3, 0.4) is 0 Å². The van der Waals surface area contributed by atoms with Gasteiger partial charge in [-0.05, 0) is 25.0 Å². The van der Waals surface area contributed by atoms with Gasteiger partial charge in [0.2, 0.25) is 0 Å². The zero-order valence-corrected chi connectivity index (χ0v) is 12.7. The van der Waals surface area contributed by atoms with Crippen LogP contribution in [0, 0.1) is 0 Å². The van der Waals surface area contributed by atoms with Crippen molar-refractivity contribution in [2.75, 3.05) is 13.7 Å². The van der Waals surface area contributed by atoms with Gasteiger partial charge in [-0.15, -0.1) is 0 Å². The summed E-state index contributed by atoms with van der Waals surface area (Å²) in [6.07, 6.45) is 3.28. The van der Waals surface area contributed by atoms with Crippen molar-refractivity contribution in [1.82, 2.24) is 0 Å². The number of hydrogen-bond donors (Lipinski definition) is 1. The Morgan fingerprint density at radius 2 is 2.16 bits per heavy atom. The van der Waals surface area contributed by atoms with Gasteiger partial charge in [0.25, 0.3) is 0 Å². The molecule has 0 aliphatic heterocycles. The van der Waals surface area contributed by atoms with Crippen LogP contribution in [0.4, 0.5) is 0 Å². The van der Waals surface area contributed by atoms with Crippen molar-refractivity contribution in [3.63, 3.8) is 0 Å². The van der Waals surface area contributed by atoms with Crippen molar-refractivity contribution in [2.45, 2.75) is 25.8 Å². The molecule has 1 aromatic carbocycles. The molecule has 0 spiro atoms. The normalized spacial score (nSPS) is 12.7. The first-order valence-corrected chi connectivity index (χ1v) is 6.93. The van der Waals surface area contributed by atoms with Crippen molar-refractivity contribution < 1.29 is 9.47 Å². The highest BCUT2D eigenvalue weighted by Gasteiger charge is 2.14. The minimum absolute atomic E-state index is 0.0640. The van der Waals surface area contributed by atoms with Gasteiger partial charge in [-0.25, -0.2) is 0 Å². The molecule has 19 heavy (non-hydrogen) atoms. The van der Waals surface area contributed by atoms with Gasteiger partial charge < -0.3 is 15.2 Å². The average Bonchev–Trinajstić information content (AvgIpc) is 2.40. The molecule has 1 unspecified atom stereocenters. The minimum Gasteiger partial charge on any atom is -0.493 e. The van der Waals surface area contributed by atoms with E-state index in [1.807, 2.05) is 13.0 Å². The lowest BCUT2D eigenvalue weighted by Crippen LogP contribution is -2.22. The molecule has 1 atom stereocenters. The molecular formula is C14H19Cl2NO2. The van der Waals surface area contributed by atoms with Crippen LogP contribution in [0.5, 0.6) is 11.5 Å². The van der Waals surface area contributed by atoms with Crippen LogP contribution in [0.2, 0.25) is 5.02 Å². The Balaban J connectivity index is 3.05. The highest BCUT2D eigenvalue weighted by Crippen LogP contribution is 2.35. The molecule has 0 fully saturated rings. The van der Waals surface area contributed by atoms with Crippen molar-refractivity contribution >= 4 is 23.2 Å². The van der Waals surface area contributed by atoms with Crippen LogP contribution < -0.4 is 15.2 Å². The molecule has 0 amide bonds. The quantitative estimate of drug-likeness (QED) is 0.834. The molecule has 106 valence electrons. The summed E-state index contributed by atoms with van der Waals surface area (Å²) in [5.41, 5.74) is 8.36. The van der Waals surface area contributed by atoms with E-state index < -0.39 is 0 Å². The van der Waals surface area contributed by atoms with E-state index in [4.69, 9.17) is 38.4 Å². The zero-order valence-electron chi connectivity index (χ0n) is 11.2. The lowest BCUT2D eigenvalue weighted by molar-refractivity contribution is 0.322. The molecule has 0 aromatic heterocycles. The first kappa shape index (κ1) is 16.2. The number of benzene rings is 1. The van der Waals surface area contributed by atoms with Gasteiger partial charge in [0.15, 0.2) is 11.5 Å². The number of methoxy groups -OCH3 is 1. The Bertz CT molecular complexity index is 436. The van der Waals surface area contributed by atoms with Gasteiger partial charge >= 0.3 is 0 Å². The number of rotatable bonds is 7. The summed E-state index contributed by atoms with van der Waals surface area (Å²) in [7, 11) is 1.58. The molecule has 0 radical (unpaired) electrons. The van der Waals surface area contributed by atoms with E-state index in [2.05, 4.69) is 0 Å². The standard InChI is InChI=1S/C14H19Cl2NO2/c1-3-12(17)8-10-7-11(16)9-13(18-2)14(10)19-6-4-5-15/h4-5,7,9,12H,3,6,8,17H2,1-2H3/b5-4+. The summed E-state index contributed by atoms with van der Waals surface area (Å²) in [6.45, 7) is 2.42. The Hall–Kier alpha value is -0.900. The second kappa shape index (κ2) is 8.31. The number of hydrogen-bond acceptors (Lipinski definition) is 3. The van der Waals surface area contributed by atoms with Gasteiger partial charge in [0.05, 0.1) is 7.11 Å². The number of nitrogens with two attached hydrogens (primary N) is 1. The first-order chi connectivity index (χ1) is 9.12. The third-order valence-electron chi connectivity index (χ3n) is 2.74. The summed E-state index contributed by atoms with van der Waals surface area (Å²) in [6, 6.07) is 3.65. The second-order valence-electron chi connectivity index (χ2n) is 4.14. The first-order valence-electron chi connectivity index (χ1n) is 6.12. The van der Waals surface area contributed by atoms with E-state index in [9.17, 15) is 0 Å². The molecule has 0 saturated carbocycles. The topological polar surface area (TPSA) is 44.5 Å². The molecule has 0 aliphatic carbocycles. The Labute approximate surface area is 124 Å². The fourth-order valence-electron chi connectivity index (χ4n) is 1.68.